The van der Waals surface area contributed by atoms with Crippen LogP contribution in [0.15, 0.2) is 4.52 Å². The van der Waals surface area contributed by atoms with Gasteiger partial charge < -0.3 is 14.5 Å². The van der Waals surface area contributed by atoms with Crippen LogP contribution < -0.4 is 0 Å². The van der Waals surface area contributed by atoms with Gasteiger partial charge in [0.15, 0.2) is 0 Å². The summed E-state index contributed by atoms with van der Waals surface area (Å²) in [5.74, 6) is 0.116. The lowest BCUT2D eigenvalue weighted by molar-refractivity contribution is -0.132. The molecule has 1 aromatic heterocycles. The van der Waals surface area contributed by atoms with E-state index in [4.69, 9.17) is 16.1 Å². The minimum Gasteiger partial charge on any atom is -0.393 e. The number of nitrogens with zero attached hydrogens (tertiary/aromatic N) is 2. The normalized spacial score (nSPS) is 20.4. The van der Waals surface area contributed by atoms with E-state index in [0.717, 1.165) is 30.6 Å². The summed E-state index contributed by atoms with van der Waals surface area (Å²) in [7, 11) is 0. The van der Waals surface area contributed by atoms with Crippen molar-refractivity contribution in [3.63, 3.8) is 0 Å². The molecule has 1 saturated heterocycles. The number of aliphatic hydroxyl groups excluding tert-OH is 1. The van der Waals surface area contributed by atoms with Gasteiger partial charge in [-0.05, 0) is 51.1 Å². The molecule has 1 aliphatic heterocycles. The summed E-state index contributed by atoms with van der Waals surface area (Å²) in [4.78, 5) is 14.2. The number of amides is 1. The summed E-state index contributed by atoms with van der Waals surface area (Å²) >= 11 is 5.90. The number of likely N-dealkylation sites (tertiary alicyclic amines) is 1. The SMILES string of the molecule is Cc1noc(Cl)c1CCC(=O)N1CCCC1CC(C)O. The molecule has 0 aliphatic carbocycles. The number of aryl methyl sites for hydroxylation is 1. The van der Waals surface area contributed by atoms with Crippen LogP contribution in [0.5, 0.6) is 0 Å². The Morgan fingerprint density at radius 1 is 1.65 bits per heavy atom. The second kappa shape index (κ2) is 6.59. The summed E-state index contributed by atoms with van der Waals surface area (Å²) in [5, 5.41) is 13.5. The molecule has 1 N–H and O–H groups in total. The second-order valence-electron chi connectivity index (χ2n) is 5.49. The van der Waals surface area contributed by atoms with Crippen LogP contribution in [0, 0.1) is 6.92 Å². The van der Waals surface area contributed by atoms with Crippen LogP contribution in [0.2, 0.25) is 5.22 Å². The number of carbonyl (C=O) groups is 1. The van der Waals surface area contributed by atoms with Gasteiger partial charge in [-0.1, -0.05) is 5.16 Å². The van der Waals surface area contributed by atoms with Gasteiger partial charge in [-0.3, -0.25) is 4.79 Å². The van der Waals surface area contributed by atoms with Crippen molar-refractivity contribution in [1.82, 2.24) is 10.1 Å². The zero-order valence-corrected chi connectivity index (χ0v) is 12.7. The molecule has 2 unspecified atom stereocenters. The van der Waals surface area contributed by atoms with Gasteiger partial charge in [-0.25, -0.2) is 0 Å². The lowest BCUT2D eigenvalue weighted by Crippen LogP contribution is -2.37. The van der Waals surface area contributed by atoms with E-state index in [1.165, 1.54) is 0 Å². The molecular formula is C14H21ClN2O3. The zero-order valence-electron chi connectivity index (χ0n) is 11.9. The molecule has 0 aromatic carbocycles. The van der Waals surface area contributed by atoms with Crippen LogP contribution in [-0.2, 0) is 11.2 Å². The van der Waals surface area contributed by atoms with Crippen LogP contribution in [-0.4, -0.2) is 39.8 Å². The van der Waals surface area contributed by atoms with Crippen molar-refractivity contribution in [2.24, 2.45) is 0 Å². The van der Waals surface area contributed by atoms with Gasteiger partial charge in [0, 0.05) is 24.6 Å². The molecule has 1 amide bonds. The van der Waals surface area contributed by atoms with Crippen molar-refractivity contribution in [3.05, 3.63) is 16.5 Å². The molecule has 0 radical (unpaired) electrons. The molecule has 112 valence electrons. The maximum absolute atomic E-state index is 12.3. The minimum absolute atomic E-state index is 0.116. The summed E-state index contributed by atoms with van der Waals surface area (Å²) < 4.78 is 4.88. The molecule has 5 nitrogen and oxygen atoms in total. The maximum Gasteiger partial charge on any atom is 0.229 e. The Morgan fingerprint density at radius 2 is 2.40 bits per heavy atom. The van der Waals surface area contributed by atoms with Crippen LogP contribution in [0.25, 0.3) is 0 Å². The smallest absolute Gasteiger partial charge is 0.229 e. The average molecular weight is 301 g/mol. The van der Waals surface area contributed by atoms with Gasteiger partial charge in [0.25, 0.3) is 0 Å². The first-order chi connectivity index (χ1) is 9.49. The third kappa shape index (κ3) is 3.52. The van der Waals surface area contributed by atoms with Crippen LogP contribution >= 0.6 is 11.6 Å². The Morgan fingerprint density at radius 3 is 3.00 bits per heavy atom. The molecule has 0 saturated carbocycles. The topological polar surface area (TPSA) is 66.6 Å². The van der Waals surface area contributed by atoms with Crippen molar-refractivity contribution in [2.75, 3.05) is 6.54 Å². The number of aliphatic hydroxyl groups is 1. The fourth-order valence-electron chi connectivity index (χ4n) is 2.82. The molecule has 1 aromatic rings. The average Bonchev–Trinajstić information content (AvgIpc) is 2.94. The Kier molecular flexibility index (Phi) is 5.05. The Hall–Kier alpha value is -1.07. The number of aromatic nitrogens is 1. The Balaban J connectivity index is 1.91. The first kappa shape index (κ1) is 15.3. The lowest BCUT2D eigenvalue weighted by atomic mass is 10.1. The monoisotopic (exact) mass is 300 g/mol. The zero-order chi connectivity index (χ0) is 14.7. The molecule has 0 bridgehead atoms. The molecule has 1 aliphatic rings. The first-order valence-electron chi connectivity index (χ1n) is 7.07. The standard InChI is InChI=1S/C14H21ClN2O3/c1-9(18)8-11-4-3-7-17(11)13(19)6-5-12-10(2)16-20-14(12)15/h9,11,18H,3-8H2,1-2H3. The van der Waals surface area contributed by atoms with Crippen LogP contribution in [0.3, 0.4) is 0 Å². The second-order valence-corrected chi connectivity index (χ2v) is 5.83. The van der Waals surface area contributed by atoms with Crippen molar-refractivity contribution in [1.29, 1.82) is 0 Å². The fourth-order valence-corrected chi connectivity index (χ4v) is 3.08. The maximum atomic E-state index is 12.3. The van der Waals surface area contributed by atoms with Crippen LogP contribution in [0.4, 0.5) is 0 Å². The number of hydrogen-bond acceptors (Lipinski definition) is 4. The van der Waals surface area contributed by atoms with Gasteiger partial charge >= 0.3 is 0 Å². The van der Waals surface area contributed by atoms with Gasteiger partial charge in [-0.2, -0.15) is 0 Å². The number of halogens is 1. The third-order valence-corrected chi connectivity index (χ3v) is 4.13. The highest BCUT2D eigenvalue weighted by molar-refractivity contribution is 6.29. The summed E-state index contributed by atoms with van der Waals surface area (Å²) in [6.07, 6.45) is 3.21. The highest BCUT2D eigenvalue weighted by atomic mass is 35.5. The number of carbonyl (C=O) groups excluding carboxylic acids is 1. The van der Waals surface area contributed by atoms with Crippen molar-refractivity contribution in [3.8, 4) is 0 Å². The summed E-state index contributed by atoms with van der Waals surface area (Å²) in [5.41, 5.74) is 1.55. The molecule has 2 rings (SSSR count). The quantitative estimate of drug-likeness (QED) is 0.906. The minimum atomic E-state index is -0.372. The van der Waals surface area contributed by atoms with E-state index in [1.54, 1.807) is 6.92 Å². The highest BCUT2D eigenvalue weighted by Crippen LogP contribution is 2.24. The lowest BCUT2D eigenvalue weighted by Gasteiger charge is -2.25. The third-order valence-electron chi connectivity index (χ3n) is 3.84. The molecular weight excluding hydrogens is 280 g/mol. The van der Waals surface area contributed by atoms with Gasteiger partial charge in [0.1, 0.15) is 0 Å². The van der Waals surface area contributed by atoms with Crippen molar-refractivity contribution < 1.29 is 14.4 Å². The van der Waals surface area contributed by atoms with E-state index in [0.29, 0.717) is 19.3 Å². The van der Waals surface area contributed by atoms with Crippen LogP contribution in [0.1, 0.15) is 43.9 Å². The van der Waals surface area contributed by atoms with Gasteiger partial charge in [0.2, 0.25) is 11.1 Å². The molecule has 2 atom stereocenters. The molecule has 6 heteroatoms. The number of rotatable bonds is 5. The molecule has 0 spiro atoms. The van der Waals surface area contributed by atoms with E-state index in [2.05, 4.69) is 5.16 Å². The number of hydrogen-bond donors (Lipinski definition) is 1. The van der Waals surface area contributed by atoms with Gasteiger partial charge in [-0.15, -0.1) is 0 Å². The van der Waals surface area contributed by atoms with E-state index < -0.39 is 0 Å². The molecule has 2 heterocycles. The van der Waals surface area contributed by atoms with E-state index in [9.17, 15) is 9.90 Å². The Bertz CT molecular complexity index is 453. The predicted octanol–water partition coefficient (Wildman–Crippen LogP) is 2.33. The van der Waals surface area contributed by atoms with Crippen molar-refractivity contribution in [2.45, 2.75) is 58.1 Å². The Labute approximate surface area is 123 Å². The highest BCUT2D eigenvalue weighted by Gasteiger charge is 2.29. The van der Waals surface area contributed by atoms with E-state index >= 15 is 0 Å². The molecule has 20 heavy (non-hydrogen) atoms. The predicted molar refractivity (Wildman–Crippen MR) is 75.6 cm³/mol. The van der Waals surface area contributed by atoms with Gasteiger partial charge in [0.05, 0.1) is 11.8 Å². The summed E-state index contributed by atoms with van der Waals surface area (Å²) in [6.45, 7) is 4.37. The largest absolute Gasteiger partial charge is 0.393 e. The fraction of sp³-hybridized carbons (Fsp3) is 0.714. The van der Waals surface area contributed by atoms with E-state index in [-0.39, 0.29) is 23.3 Å². The van der Waals surface area contributed by atoms with Crippen molar-refractivity contribution >= 4 is 17.5 Å². The summed E-state index contributed by atoms with van der Waals surface area (Å²) in [6, 6.07) is 0.168. The van der Waals surface area contributed by atoms with E-state index in [1.807, 2.05) is 11.8 Å². The molecule has 1 fully saturated rings. The first-order valence-corrected chi connectivity index (χ1v) is 7.45.